The molecule has 0 atom stereocenters. The van der Waals surface area contributed by atoms with Crippen LogP contribution in [-0.4, -0.2) is 34.3 Å². The molecular formula is C17H23FN6. The fourth-order valence-electron chi connectivity index (χ4n) is 2.85. The lowest BCUT2D eigenvalue weighted by molar-refractivity contribution is 0.605. The number of hydrogen-bond acceptors (Lipinski definition) is 3. The summed E-state index contributed by atoms with van der Waals surface area (Å²) in [7, 11) is 1.74. The van der Waals surface area contributed by atoms with Gasteiger partial charge >= 0.3 is 0 Å². The van der Waals surface area contributed by atoms with Gasteiger partial charge in [0.2, 0.25) is 0 Å². The molecule has 1 aromatic carbocycles. The highest BCUT2D eigenvalue weighted by Gasteiger charge is 2.44. The number of aromatic nitrogens is 3. The second-order valence-corrected chi connectivity index (χ2v) is 6.10. The molecule has 2 N–H and O–H groups in total. The Morgan fingerprint density at radius 2 is 2.21 bits per heavy atom. The van der Waals surface area contributed by atoms with Crippen LogP contribution in [0.25, 0.3) is 0 Å². The Labute approximate surface area is 141 Å². The monoisotopic (exact) mass is 330 g/mol. The fourth-order valence-corrected chi connectivity index (χ4v) is 2.85. The van der Waals surface area contributed by atoms with Gasteiger partial charge < -0.3 is 15.2 Å². The Morgan fingerprint density at radius 1 is 1.38 bits per heavy atom. The SMILES string of the molecule is CCn1cnnc1CNC(=NC)NCC1(c2cccc(F)c2)CC1. The summed E-state index contributed by atoms with van der Waals surface area (Å²) in [5, 5.41) is 14.6. The van der Waals surface area contributed by atoms with Crippen LogP contribution in [0.3, 0.4) is 0 Å². The highest BCUT2D eigenvalue weighted by atomic mass is 19.1. The maximum absolute atomic E-state index is 13.5. The summed E-state index contributed by atoms with van der Waals surface area (Å²) in [5.74, 6) is 1.40. The summed E-state index contributed by atoms with van der Waals surface area (Å²) in [6.45, 7) is 4.17. The molecule has 1 aliphatic rings. The Balaban J connectivity index is 1.57. The van der Waals surface area contributed by atoms with Gasteiger partial charge in [-0.15, -0.1) is 10.2 Å². The van der Waals surface area contributed by atoms with Gasteiger partial charge in [-0.25, -0.2) is 4.39 Å². The lowest BCUT2D eigenvalue weighted by atomic mass is 9.96. The largest absolute Gasteiger partial charge is 0.356 e. The number of nitrogens with zero attached hydrogens (tertiary/aromatic N) is 4. The van der Waals surface area contributed by atoms with E-state index in [1.807, 2.05) is 10.6 Å². The van der Waals surface area contributed by atoms with Crippen LogP contribution in [-0.2, 0) is 18.5 Å². The molecule has 0 spiro atoms. The number of nitrogens with one attached hydrogen (secondary N) is 2. The summed E-state index contributed by atoms with van der Waals surface area (Å²) in [4.78, 5) is 4.25. The summed E-state index contributed by atoms with van der Waals surface area (Å²) >= 11 is 0. The van der Waals surface area contributed by atoms with Crippen molar-refractivity contribution in [2.75, 3.05) is 13.6 Å². The van der Waals surface area contributed by atoms with Crippen molar-refractivity contribution in [2.24, 2.45) is 4.99 Å². The summed E-state index contributed by atoms with van der Waals surface area (Å²) < 4.78 is 15.4. The molecule has 1 saturated carbocycles. The highest BCUT2D eigenvalue weighted by Crippen LogP contribution is 2.47. The third-order valence-corrected chi connectivity index (χ3v) is 4.56. The van der Waals surface area contributed by atoms with Crippen molar-refractivity contribution < 1.29 is 4.39 Å². The van der Waals surface area contributed by atoms with Gasteiger partial charge in [-0.2, -0.15) is 0 Å². The van der Waals surface area contributed by atoms with E-state index in [2.05, 4.69) is 32.7 Å². The van der Waals surface area contributed by atoms with E-state index in [0.717, 1.165) is 37.3 Å². The molecule has 1 fully saturated rings. The number of rotatable bonds is 6. The number of guanidine groups is 1. The van der Waals surface area contributed by atoms with Crippen molar-refractivity contribution in [1.82, 2.24) is 25.4 Å². The molecule has 1 aromatic heterocycles. The second-order valence-electron chi connectivity index (χ2n) is 6.10. The fraction of sp³-hybridized carbons (Fsp3) is 0.471. The van der Waals surface area contributed by atoms with Crippen LogP contribution in [0.4, 0.5) is 4.39 Å². The van der Waals surface area contributed by atoms with E-state index in [4.69, 9.17) is 0 Å². The van der Waals surface area contributed by atoms with Crippen LogP contribution in [0.5, 0.6) is 0 Å². The Bertz CT molecular complexity index is 719. The van der Waals surface area contributed by atoms with E-state index in [9.17, 15) is 4.39 Å². The number of aliphatic imine (C=N–C) groups is 1. The summed E-state index contributed by atoms with van der Waals surface area (Å²) in [6, 6.07) is 6.89. The molecular weight excluding hydrogens is 307 g/mol. The molecule has 0 unspecified atom stereocenters. The van der Waals surface area contributed by atoms with E-state index in [-0.39, 0.29) is 11.2 Å². The lowest BCUT2D eigenvalue weighted by Crippen LogP contribution is -2.41. The van der Waals surface area contributed by atoms with Gasteiger partial charge in [0.15, 0.2) is 11.8 Å². The second kappa shape index (κ2) is 6.98. The quantitative estimate of drug-likeness (QED) is 0.626. The average Bonchev–Trinajstić information content (AvgIpc) is 3.25. The normalized spacial score (nSPS) is 16.0. The predicted molar refractivity (Wildman–Crippen MR) is 91.2 cm³/mol. The van der Waals surface area contributed by atoms with Gasteiger partial charge in [0.05, 0.1) is 6.54 Å². The van der Waals surface area contributed by atoms with Gasteiger partial charge in [-0.3, -0.25) is 4.99 Å². The molecule has 1 heterocycles. The molecule has 0 radical (unpaired) electrons. The molecule has 7 heteroatoms. The van der Waals surface area contributed by atoms with E-state index in [1.54, 1.807) is 25.5 Å². The van der Waals surface area contributed by atoms with Crippen LogP contribution < -0.4 is 10.6 Å². The maximum Gasteiger partial charge on any atom is 0.191 e. The summed E-state index contributed by atoms with van der Waals surface area (Å²) in [5.41, 5.74) is 1.07. The van der Waals surface area contributed by atoms with Crippen LogP contribution in [0, 0.1) is 5.82 Å². The zero-order valence-electron chi connectivity index (χ0n) is 14.1. The number of halogens is 1. The predicted octanol–water partition coefficient (Wildman–Crippen LogP) is 1.83. The van der Waals surface area contributed by atoms with Gasteiger partial charge in [0.25, 0.3) is 0 Å². The third-order valence-electron chi connectivity index (χ3n) is 4.56. The molecule has 24 heavy (non-hydrogen) atoms. The molecule has 6 nitrogen and oxygen atoms in total. The highest BCUT2D eigenvalue weighted by molar-refractivity contribution is 5.79. The minimum absolute atomic E-state index is 0.0170. The van der Waals surface area contributed by atoms with Gasteiger partial charge in [-0.05, 0) is 37.5 Å². The van der Waals surface area contributed by atoms with Gasteiger partial charge in [0.1, 0.15) is 12.1 Å². The van der Waals surface area contributed by atoms with E-state index >= 15 is 0 Å². The Hall–Kier alpha value is -2.44. The molecule has 1 aliphatic carbocycles. The molecule has 0 aliphatic heterocycles. The third kappa shape index (κ3) is 3.55. The minimum atomic E-state index is -0.180. The first-order valence-corrected chi connectivity index (χ1v) is 8.24. The molecule has 0 amide bonds. The van der Waals surface area contributed by atoms with Crippen LogP contribution in [0.15, 0.2) is 35.6 Å². The molecule has 0 saturated heterocycles. The zero-order valence-corrected chi connectivity index (χ0v) is 14.1. The zero-order chi connectivity index (χ0) is 17.0. The minimum Gasteiger partial charge on any atom is -0.356 e. The molecule has 3 rings (SSSR count). The molecule has 128 valence electrons. The van der Waals surface area contributed by atoms with Crippen molar-refractivity contribution in [3.8, 4) is 0 Å². The molecule has 0 bridgehead atoms. The van der Waals surface area contributed by atoms with E-state index in [1.165, 1.54) is 6.07 Å². The average molecular weight is 330 g/mol. The van der Waals surface area contributed by atoms with E-state index in [0.29, 0.717) is 12.5 Å². The van der Waals surface area contributed by atoms with Crippen molar-refractivity contribution in [3.05, 3.63) is 47.8 Å². The van der Waals surface area contributed by atoms with Gasteiger partial charge in [0, 0.05) is 25.6 Å². The number of benzene rings is 1. The van der Waals surface area contributed by atoms with Crippen molar-refractivity contribution in [1.29, 1.82) is 0 Å². The van der Waals surface area contributed by atoms with Crippen LogP contribution >= 0.6 is 0 Å². The topological polar surface area (TPSA) is 67.1 Å². The first-order chi connectivity index (χ1) is 11.7. The molecule has 2 aromatic rings. The van der Waals surface area contributed by atoms with Crippen molar-refractivity contribution in [3.63, 3.8) is 0 Å². The lowest BCUT2D eigenvalue weighted by Gasteiger charge is -2.19. The Kier molecular flexibility index (Phi) is 4.78. The maximum atomic E-state index is 13.5. The summed E-state index contributed by atoms with van der Waals surface area (Å²) in [6.07, 6.45) is 3.84. The first kappa shape index (κ1) is 16.4. The van der Waals surface area contributed by atoms with Crippen LogP contribution in [0.2, 0.25) is 0 Å². The standard InChI is InChI=1S/C17H23FN6/c1-3-24-12-22-23-15(24)10-20-16(19-2)21-11-17(7-8-17)13-5-4-6-14(18)9-13/h4-6,9,12H,3,7-8,10-11H2,1-2H3,(H2,19,20,21). The van der Waals surface area contributed by atoms with Crippen molar-refractivity contribution in [2.45, 2.75) is 38.3 Å². The smallest absolute Gasteiger partial charge is 0.191 e. The van der Waals surface area contributed by atoms with Crippen molar-refractivity contribution >= 4 is 5.96 Å². The Morgan fingerprint density at radius 3 is 2.88 bits per heavy atom. The van der Waals surface area contributed by atoms with Crippen LogP contribution in [0.1, 0.15) is 31.2 Å². The number of hydrogen-bond donors (Lipinski definition) is 2. The first-order valence-electron chi connectivity index (χ1n) is 8.24. The number of aryl methyl sites for hydroxylation is 1. The van der Waals surface area contributed by atoms with Gasteiger partial charge in [-0.1, -0.05) is 12.1 Å². The van der Waals surface area contributed by atoms with E-state index < -0.39 is 0 Å².